The molecule has 166 valence electrons. The number of sulfonamides is 1. The molecular weight excluding hydrogens is 406 g/mol. The number of benzene rings is 2. The number of methoxy groups -OCH3 is 1. The Morgan fingerprint density at radius 1 is 0.867 bits per heavy atom. The third-order valence-electron chi connectivity index (χ3n) is 4.32. The van der Waals surface area contributed by atoms with Crippen LogP contribution < -0.4 is 18.9 Å². The van der Waals surface area contributed by atoms with E-state index in [0.717, 1.165) is 11.1 Å². The fourth-order valence-electron chi connectivity index (χ4n) is 2.85. The summed E-state index contributed by atoms with van der Waals surface area (Å²) in [6.07, 6.45) is 0.531. The molecule has 0 atom stereocenters. The summed E-state index contributed by atoms with van der Waals surface area (Å²) in [5.41, 5.74) is 1.71. The molecule has 0 aromatic heterocycles. The predicted molar refractivity (Wildman–Crippen MR) is 116 cm³/mol. The topological polar surface area (TPSA) is 83.1 Å². The number of rotatable bonds is 13. The number of aryl methyl sites for hydroxylation is 1. The Morgan fingerprint density at radius 2 is 1.57 bits per heavy atom. The Morgan fingerprint density at radius 3 is 2.23 bits per heavy atom. The summed E-state index contributed by atoms with van der Waals surface area (Å²) in [4.78, 5) is 0.209. The third kappa shape index (κ3) is 6.90. The van der Waals surface area contributed by atoms with Crippen molar-refractivity contribution in [3.63, 3.8) is 0 Å². The summed E-state index contributed by atoms with van der Waals surface area (Å²) in [6, 6.07) is 10.5. The molecule has 0 aliphatic carbocycles. The maximum Gasteiger partial charge on any atom is 0.240 e. The number of nitrogens with one attached hydrogen (secondary N) is 1. The van der Waals surface area contributed by atoms with Crippen molar-refractivity contribution in [1.82, 2.24) is 4.72 Å². The van der Waals surface area contributed by atoms with Gasteiger partial charge in [0, 0.05) is 13.7 Å². The van der Waals surface area contributed by atoms with Crippen molar-refractivity contribution >= 4 is 10.0 Å². The van der Waals surface area contributed by atoms with Crippen molar-refractivity contribution in [3.05, 3.63) is 47.5 Å². The smallest absolute Gasteiger partial charge is 0.240 e. The zero-order valence-electron chi connectivity index (χ0n) is 18.1. The molecule has 2 rings (SSSR count). The summed E-state index contributed by atoms with van der Waals surface area (Å²) in [5, 5.41) is 0. The first-order valence-corrected chi connectivity index (χ1v) is 11.5. The second-order valence-electron chi connectivity index (χ2n) is 6.56. The Kier molecular flexibility index (Phi) is 9.42. The lowest BCUT2D eigenvalue weighted by molar-refractivity contribution is 0.146. The van der Waals surface area contributed by atoms with Crippen LogP contribution in [0.5, 0.6) is 17.2 Å². The van der Waals surface area contributed by atoms with Crippen molar-refractivity contribution in [3.8, 4) is 17.2 Å². The molecule has 0 radical (unpaired) electrons. The van der Waals surface area contributed by atoms with Crippen LogP contribution in [0, 0.1) is 6.92 Å². The van der Waals surface area contributed by atoms with Crippen LogP contribution in [-0.2, 0) is 21.2 Å². The first-order chi connectivity index (χ1) is 14.4. The van der Waals surface area contributed by atoms with E-state index in [1.807, 2.05) is 39.0 Å². The van der Waals surface area contributed by atoms with Crippen molar-refractivity contribution in [2.24, 2.45) is 0 Å². The minimum atomic E-state index is -3.62. The maximum absolute atomic E-state index is 12.6. The fourth-order valence-corrected chi connectivity index (χ4v) is 3.97. The molecule has 0 unspecified atom stereocenters. The predicted octanol–water partition coefficient (Wildman–Crippen LogP) is 3.34. The van der Waals surface area contributed by atoms with Gasteiger partial charge in [0.2, 0.25) is 10.0 Å². The highest BCUT2D eigenvalue weighted by molar-refractivity contribution is 7.89. The summed E-state index contributed by atoms with van der Waals surface area (Å²) >= 11 is 0. The van der Waals surface area contributed by atoms with Gasteiger partial charge in [0.25, 0.3) is 0 Å². The van der Waals surface area contributed by atoms with E-state index in [1.54, 1.807) is 25.3 Å². The van der Waals surface area contributed by atoms with Crippen molar-refractivity contribution < 1.29 is 27.4 Å². The van der Waals surface area contributed by atoms with E-state index in [0.29, 0.717) is 50.1 Å². The van der Waals surface area contributed by atoms with Crippen LogP contribution in [0.4, 0.5) is 0 Å². The summed E-state index contributed by atoms with van der Waals surface area (Å²) in [7, 11) is -2.02. The lowest BCUT2D eigenvalue weighted by Crippen LogP contribution is -2.26. The van der Waals surface area contributed by atoms with Crippen LogP contribution in [0.1, 0.15) is 25.0 Å². The molecule has 0 saturated carbocycles. The number of hydrogen-bond donors (Lipinski definition) is 1. The maximum atomic E-state index is 12.6. The first kappa shape index (κ1) is 24.0. The number of ether oxygens (including phenoxy) is 4. The van der Waals surface area contributed by atoms with Gasteiger partial charge in [-0.25, -0.2) is 13.1 Å². The van der Waals surface area contributed by atoms with E-state index in [2.05, 4.69) is 4.72 Å². The lowest BCUT2D eigenvalue weighted by atomic mass is 10.1. The summed E-state index contributed by atoms with van der Waals surface area (Å²) in [5.74, 6) is 2.00. The van der Waals surface area contributed by atoms with E-state index in [-0.39, 0.29) is 11.4 Å². The van der Waals surface area contributed by atoms with Crippen LogP contribution in [0.3, 0.4) is 0 Å². The molecule has 0 spiro atoms. The second-order valence-corrected chi connectivity index (χ2v) is 8.33. The molecule has 0 amide bonds. The minimum absolute atomic E-state index is 0.209. The first-order valence-electron chi connectivity index (χ1n) is 10.0. The van der Waals surface area contributed by atoms with Gasteiger partial charge in [-0.05, 0) is 68.7 Å². The van der Waals surface area contributed by atoms with Gasteiger partial charge in [-0.2, -0.15) is 0 Å². The van der Waals surface area contributed by atoms with E-state index in [9.17, 15) is 8.42 Å². The van der Waals surface area contributed by atoms with E-state index < -0.39 is 10.0 Å². The van der Waals surface area contributed by atoms with Crippen LogP contribution in [0.15, 0.2) is 41.3 Å². The van der Waals surface area contributed by atoms with Gasteiger partial charge in [-0.1, -0.05) is 6.07 Å². The van der Waals surface area contributed by atoms with Gasteiger partial charge >= 0.3 is 0 Å². The Bertz CT molecular complexity index is 914. The SMILES string of the molecule is CCOc1ccc(CCNS(=O)(=O)c2ccc(OCCOC)c(C)c2)cc1OCC. The average Bonchev–Trinajstić information content (AvgIpc) is 2.71. The van der Waals surface area contributed by atoms with Crippen molar-refractivity contribution in [1.29, 1.82) is 0 Å². The molecule has 8 heteroatoms. The highest BCUT2D eigenvalue weighted by Crippen LogP contribution is 2.28. The highest BCUT2D eigenvalue weighted by atomic mass is 32.2. The third-order valence-corrected chi connectivity index (χ3v) is 5.77. The number of hydrogen-bond acceptors (Lipinski definition) is 6. The quantitative estimate of drug-likeness (QED) is 0.484. The molecule has 2 aromatic carbocycles. The standard InChI is InChI=1S/C22H31NO6S/c1-5-27-21-9-7-18(16-22(21)28-6-2)11-12-23-30(24,25)19-8-10-20(17(3)15-19)29-14-13-26-4/h7-10,15-16,23H,5-6,11-14H2,1-4H3. The molecule has 0 fully saturated rings. The van der Waals surface area contributed by atoms with Crippen molar-refractivity contribution in [2.45, 2.75) is 32.1 Å². The van der Waals surface area contributed by atoms with E-state index in [1.165, 1.54) is 0 Å². The summed E-state index contributed by atoms with van der Waals surface area (Å²) in [6.45, 7) is 7.87. The zero-order valence-corrected chi connectivity index (χ0v) is 18.9. The summed E-state index contributed by atoms with van der Waals surface area (Å²) < 4.78 is 49.6. The monoisotopic (exact) mass is 437 g/mol. The molecule has 0 saturated heterocycles. The van der Waals surface area contributed by atoms with Crippen LogP contribution in [0.25, 0.3) is 0 Å². The molecule has 30 heavy (non-hydrogen) atoms. The molecule has 0 aliphatic rings. The Hall–Kier alpha value is -2.29. The second kappa shape index (κ2) is 11.8. The zero-order chi connectivity index (χ0) is 22.0. The molecule has 0 heterocycles. The Balaban J connectivity index is 1.99. The van der Waals surface area contributed by atoms with Crippen molar-refractivity contribution in [2.75, 3.05) is 40.1 Å². The molecule has 2 aromatic rings. The largest absolute Gasteiger partial charge is 0.491 e. The molecular formula is C22H31NO6S. The van der Waals surface area contributed by atoms with Crippen LogP contribution in [0.2, 0.25) is 0 Å². The lowest BCUT2D eigenvalue weighted by Gasteiger charge is -2.13. The molecule has 1 N–H and O–H groups in total. The average molecular weight is 438 g/mol. The fraction of sp³-hybridized carbons (Fsp3) is 0.455. The van der Waals surface area contributed by atoms with Gasteiger partial charge in [0.05, 0.1) is 24.7 Å². The molecule has 7 nitrogen and oxygen atoms in total. The minimum Gasteiger partial charge on any atom is -0.491 e. The van der Waals surface area contributed by atoms with Gasteiger partial charge in [-0.15, -0.1) is 0 Å². The van der Waals surface area contributed by atoms with E-state index >= 15 is 0 Å². The normalized spacial score (nSPS) is 11.3. The molecule has 0 bridgehead atoms. The van der Waals surface area contributed by atoms with Gasteiger partial charge in [-0.3, -0.25) is 0 Å². The highest BCUT2D eigenvalue weighted by Gasteiger charge is 2.15. The van der Waals surface area contributed by atoms with Crippen LogP contribution in [-0.4, -0.2) is 48.5 Å². The van der Waals surface area contributed by atoms with Gasteiger partial charge < -0.3 is 18.9 Å². The van der Waals surface area contributed by atoms with Gasteiger partial charge in [0.15, 0.2) is 11.5 Å². The molecule has 0 aliphatic heterocycles. The van der Waals surface area contributed by atoms with E-state index in [4.69, 9.17) is 18.9 Å². The van der Waals surface area contributed by atoms with Gasteiger partial charge in [0.1, 0.15) is 12.4 Å². The van der Waals surface area contributed by atoms with Crippen LogP contribution >= 0.6 is 0 Å². The Labute approximate surface area is 179 Å².